The first kappa shape index (κ1) is 19.9. The van der Waals surface area contributed by atoms with Crippen molar-refractivity contribution in [1.29, 1.82) is 0 Å². The van der Waals surface area contributed by atoms with Crippen molar-refractivity contribution in [3.8, 4) is 0 Å². The lowest BCUT2D eigenvalue weighted by atomic mass is 9.80. The number of aliphatic hydroxyl groups is 1. The van der Waals surface area contributed by atoms with Crippen molar-refractivity contribution in [2.24, 2.45) is 11.7 Å². The topological polar surface area (TPSA) is 108 Å². The average Bonchev–Trinajstić information content (AvgIpc) is 2.66. The molecule has 0 saturated heterocycles. The van der Waals surface area contributed by atoms with E-state index in [1.165, 1.54) is 7.11 Å². The number of ether oxygens (including phenoxy) is 3. The van der Waals surface area contributed by atoms with E-state index in [2.05, 4.69) is 0 Å². The van der Waals surface area contributed by atoms with Crippen LogP contribution in [0.15, 0.2) is 36.1 Å². The third-order valence-corrected chi connectivity index (χ3v) is 4.37. The van der Waals surface area contributed by atoms with Gasteiger partial charge < -0.3 is 25.1 Å². The van der Waals surface area contributed by atoms with E-state index in [0.29, 0.717) is 25.0 Å². The van der Waals surface area contributed by atoms with Gasteiger partial charge in [-0.2, -0.15) is 0 Å². The summed E-state index contributed by atoms with van der Waals surface area (Å²) < 4.78 is 16.0. The molecule has 1 amide bonds. The molecule has 1 aromatic rings. The fourth-order valence-corrected chi connectivity index (χ4v) is 3.12. The molecule has 2 rings (SSSR count). The van der Waals surface area contributed by atoms with Crippen molar-refractivity contribution >= 4 is 11.9 Å². The molecule has 1 heterocycles. The highest BCUT2D eigenvalue weighted by molar-refractivity contribution is 5.90. The van der Waals surface area contributed by atoms with E-state index in [-0.39, 0.29) is 24.2 Å². The van der Waals surface area contributed by atoms with Gasteiger partial charge in [-0.3, -0.25) is 4.79 Å². The van der Waals surface area contributed by atoms with Crippen molar-refractivity contribution in [3.05, 3.63) is 47.2 Å². The Labute approximate surface area is 152 Å². The van der Waals surface area contributed by atoms with Gasteiger partial charge in [-0.05, 0) is 43.5 Å². The number of carbonyl (C=O) groups is 2. The van der Waals surface area contributed by atoms with Gasteiger partial charge in [0.1, 0.15) is 0 Å². The molecule has 26 heavy (non-hydrogen) atoms. The Morgan fingerprint density at radius 3 is 2.50 bits per heavy atom. The summed E-state index contributed by atoms with van der Waals surface area (Å²) in [5.41, 5.74) is 6.74. The summed E-state index contributed by atoms with van der Waals surface area (Å²) in [6, 6.07) is 6.97. The fourth-order valence-electron chi connectivity index (χ4n) is 3.12. The zero-order chi connectivity index (χ0) is 19.1. The minimum Gasteiger partial charge on any atom is -0.465 e. The van der Waals surface area contributed by atoms with E-state index in [1.807, 2.05) is 19.1 Å². The Morgan fingerprint density at radius 2 is 1.96 bits per heavy atom. The van der Waals surface area contributed by atoms with Crippen LogP contribution in [0.5, 0.6) is 0 Å². The first-order valence-electron chi connectivity index (χ1n) is 8.60. The van der Waals surface area contributed by atoms with Crippen molar-refractivity contribution in [1.82, 2.24) is 0 Å². The van der Waals surface area contributed by atoms with Crippen LogP contribution in [0.3, 0.4) is 0 Å². The van der Waals surface area contributed by atoms with E-state index in [4.69, 9.17) is 19.9 Å². The van der Waals surface area contributed by atoms with E-state index >= 15 is 0 Å². The summed E-state index contributed by atoms with van der Waals surface area (Å²) in [5, 5.41) is 9.21. The standard InChI is InChI=1S/C19H25NO6/c1-3-25-19-14(5-4-10-21)15(11-16(26-19)17(20)22)12-6-8-13(9-7-12)18(23)24-2/h6-9,11,14-15,19,21H,3-5,10H2,1-2H3,(H2,20,22)/t14-,15-,19-/m1/s1. The molecule has 3 atom stereocenters. The molecule has 1 aromatic carbocycles. The van der Waals surface area contributed by atoms with Crippen molar-refractivity contribution in [2.45, 2.75) is 32.0 Å². The predicted octanol–water partition coefficient (Wildman–Crippen LogP) is 1.71. The maximum Gasteiger partial charge on any atom is 0.337 e. The highest BCUT2D eigenvalue weighted by Crippen LogP contribution is 2.39. The molecule has 0 radical (unpaired) electrons. The third kappa shape index (κ3) is 4.62. The second-order valence-electron chi connectivity index (χ2n) is 6.01. The molecule has 0 saturated carbocycles. The van der Waals surface area contributed by atoms with Crippen molar-refractivity contribution in [2.75, 3.05) is 20.3 Å². The first-order chi connectivity index (χ1) is 12.5. The maximum atomic E-state index is 11.7. The number of methoxy groups -OCH3 is 1. The van der Waals surface area contributed by atoms with Crippen LogP contribution < -0.4 is 5.73 Å². The third-order valence-electron chi connectivity index (χ3n) is 4.37. The zero-order valence-electron chi connectivity index (χ0n) is 15.0. The number of esters is 1. The Bertz CT molecular complexity index is 654. The summed E-state index contributed by atoms with van der Waals surface area (Å²) in [6.45, 7) is 2.31. The van der Waals surface area contributed by atoms with Crippen LogP contribution >= 0.6 is 0 Å². The van der Waals surface area contributed by atoms with E-state index in [9.17, 15) is 14.7 Å². The smallest absolute Gasteiger partial charge is 0.337 e. The SMILES string of the molecule is CCO[C@@H]1OC(C(N)=O)=C[C@H](c2ccc(C(=O)OC)cc2)[C@H]1CCCO. The molecule has 1 aliphatic rings. The van der Waals surface area contributed by atoms with Gasteiger partial charge in [0, 0.05) is 25.0 Å². The Morgan fingerprint density at radius 1 is 1.27 bits per heavy atom. The quantitative estimate of drug-likeness (QED) is 0.681. The van der Waals surface area contributed by atoms with Crippen LogP contribution in [0.4, 0.5) is 0 Å². The van der Waals surface area contributed by atoms with E-state index in [1.54, 1.807) is 18.2 Å². The van der Waals surface area contributed by atoms with Crippen LogP contribution in [0.2, 0.25) is 0 Å². The molecule has 142 valence electrons. The molecule has 3 N–H and O–H groups in total. The normalized spacial score (nSPS) is 22.3. The average molecular weight is 363 g/mol. The van der Waals surface area contributed by atoms with Crippen LogP contribution in [-0.2, 0) is 19.0 Å². The Balaban J connectivity index is 2.38. The minimum absolute atomic E-state index is 0.0513. The van der Waals surface area contributed by atoms with E-state index in [0.717, 1.165) is 5.56 Å². The summed E-state index contributed by atoms with van der Waals surface area (Å²) >= 11 is 0. The fraction of sp³-hybridized carbons (Fsp3) is 0.474. The number of hydrogen-bond acceptors (Lipinski definition) is 6. The van der Waals surface area contributed by atoms with Crippen molar-refractivity contribution < 1.29 is 28.9 Å². The molecule has 7 nitrogen and oxygen atoms in total. The number of benzene rings is 1. The lowest BCUT2D eigenvalue weighted by molar-refractivity contribution is -0.165. The molecule has 0 aromatic heterocycles. The van der Waals surface area contributed by atoms with Gasteiger partial charge in [-0.1, -0.05) is 12.1 Å². The highest BCUT2D eigenvalue weighted by atomic mass is 16.7. The van der Waals surface area contributed by atoms with Crippen LogP contribution in [0.25, 0.3) is 0 Å². The number of allylic oxidation sites excluding steroid dienone is 1. The first-order valence-corrected chi connectivity index (χ1v) is 8.60. The predicted molar refractivity (Wildman–Crippen MR) is 94.1 cm³/mol. The van der Waals surface area contributed by atoms with Crippen LogP contribution in [0, 0.1) is 5.92 Å². The number of primary amides is 1. The minimum atomic E-state index is -0.661. The number of amides is 1. The highest BCUT2D eigenvalue weighted by Gasteiger charge is 2.37. The molecule has 1 aliphatic heterocycles. The number of nitrogens with two attached hydrogens (primary N) is 1. The second-order valence-corrected chi connectivity index (χ2v) is 6.01. The number of carbonyl (C=O) groups excluding carboxylic acids is 2. The molecule has 7 heteroatoms. The van der Waals surface area contributed by atoms with Crippen LogP contribution in [-0.4, -0.2) is 43.6 Å². The molecule has 0 fully saturated rings. The maximum absolute atomic E-state index is 11.7. The zero-order valence-corrected chi connectivity index (χ0v) is 15.0. The Kier molecular flexibility index (Phi) is 7.17. The molecule has 0 aliphatic carbocycles. The van der Waals surface area contributed by atoms with Gasteiger partial charge in [-0.25, -0.2) is 4.79 Å². The molecular formula is C19H25NO6. The summed E-state index contributed by atoms with van der Waals surface area (Å²) in [7, 11) is 1.33. The van der Waals surface area contributed by atoms with Gasteiger partial charge in [0.25, 0.3) is 5.91 Å². The largest absolute Gasteiger partial charge is 0.465 e. The van der Waals surface area contributed by atoms with E-state index < -0.39 is 18.2 Å². The lowest BCUT2D eigenvalue weighted by Gasteiger charge is -2.36. The summed E-state index contributed by atoms with van der Waals surface area (Å²) in [5.74, 6) is -1.31. The van der Waals surface area contributed by atoms with Gasteiger partial charge in [0.2, 0.25) is 6.29 Å². The molecule has 0 spiro atoms. The molecule has 0 unspecified atom stereocenters. The van der Waals surface area contributed by atoms with Gasteiger partial charge in [0.15, 0.2) is 5.76 Å². The monoisotopic (exact) mass is 363 g/mol. The second kappa shape index (κ2) is 9.35. The van der Waals surface area contributed by atoms with Gasteiger partial charge in [0.05, 0.1) is 12.7 Å². The van der Waals surface area contributed by atoms with Crippen LogP contribution in [0.1, 0.15) is 41.6 Å². The molecular weight excluding hydrogens is 338 g/mol. The van der Waals surface area contributed by atoms with Crippen molar-refractivity contribution in [3.63, 3.8) is 0 Å². The lowest BCUT2D eigenvalue weighted by Crippen LogP contribution is -2.37. The van der Waals surface area contributed by atoms with Gasteiger partial charge >= 0.3 is 5.97 Å². The number of rotatable bonds is 8. The molecule has 0 bridgehead atoms. The van der Waals surface area contributed by atoms with Gasteiger partial charge in [-0.15, -0.1) is 0 Å². The summed E-state index contributed by atoms with van der Waals surface area (Å²) in [4.78, 5) is 23.3. The number of hydrogen-bond donors (Lipinski definition) is 2. The number of aliphatic hydroxyl groups excluding tert-OH is 1. The Hall–Kier alpha value is -2.38. The summed E-state index contributed by atoms with van der Waals surface area (Å²) in [6.07, 6.45) is 2.28.